The molecule has 1 unspecified atom stereocenters. The average molecular weight is 230 g/mol. The fourth-order valence-corrected chi connectivity index (χ4v) is 1.80. The minimum Gasteiger partial charge on any atom is -0.327 e. The molecule has 84 valence electrons. The minimum atomic E-state index is -0.255. The van der Waals surface area contributed by atoms with Crippen LogP contribution in [0.5, 0.6) is 0 Å². The molecule has 0 saturated heterocycles. The van der Waals surface area contributed by atoms with E-state index in [0.29, 0.717) is 17.0 Å². The molecule has 1 aromatic rings. The lowest BCUT2D eigenvalue weighted by Crippen LogP contribution is -2.23. The second-order valence-electron chi connectivity index (χ2n) is 3.81. The van der Waals surface area contributed by atoms with E-state index in [2.05, 4.69) is 6.92 Å². The normalized spacial score (nSPS) is 12.8. The summed E-state index contributed by atoms with van der Waals surface area (Å²) in [4.78, 5) is 0. The predicted octanol–water partition coefficient (Wildman–Crippen LogP) is 3.54. The summed E-state index contributed by atoms with van der Waals surface area (Å²) < 4.78 is 13.4. The van der Waals surface area contributed by atoms with Gasteiger partial charge in [-0.2, -0.15) is 0 Å². The molecule has 0 heterocycles. The Morgan fingerprint density at radius 2 is 2.20 bits per heavy atom. The molecule has 2 N–H and O–H groups in total. The van der Waals surface area contributed by atoms with Crippen molar-refractivity contribution in [2.24, 2.45) is 5.73 Å². The first-order valence-electron chi connectivity index (χ1n) is 5.33. The quantitative estimate of drug-likeness (QED) is 0.821. The van der Waals surface area contributed by atoms with Crippen LogP contribution >= 0.6 is 11.6 Å². The van der Waals surface area contributed by atoms with E-state index in [1.54, 1.807) is 12.1 Å². The van der Waals surface area contributed by atoms with Gasteiger partial charge in [0.05, 0.1) is 0 Å². The van der Waals surface area contributed by atoms with E-state index >= 15 is 0 Å². The number of benzene rings is 1. The Balaban J connectivity index is 2.63. The zero-order valence-corrected chi connectivity index (χ0v) is 9.73. The molecule has 0 fully saturated rings. The third-order valence-corrected chi connectivity index (χ3v) is 2.81. The van der Waals surface area contributed by atoms with Gasteiger partial charge >= 0.3 is 0 Å². The van der Waals surface area contributed by atoms with Crippen molar-refractivity contribution in [1.82, 2.24) is 0 Å². The maximum absolute atomic E-state index is 13.4. The molecular weight excluding hydrogens is 213 g/mol. The molecule has 0 radical (unpaired) electrons. The Bertz CT molecular complexity index is 294. The van der Waals surface area contributed by atoms with Gasteiger partial charge in [0.15, 0.2) is 0 Å². The van der Waals surface area contributed by atoms with Gasteiger partial charge in [0, 0.05) is 16.6 Å². The lowest BCUT2D eigenvalue weighted by atomic mass is 10.0. The Labute approximate surface area is 95.4 Å². The minimum absolute atomic E-state index is 0.000602. The molecule has 0 aliphatic rings. The first-order valence-corrected chi connectivity index (χ1v) is 5.71. The van der Waals surface area contributed by atoms with Gasteiger partial charge in [-0.1, -0.05) is 37.4 Å². The smallest absolute Gasteiger partial charge is 0.127 e. The van der Waals surface area contributed by atoms with E-state index in [0.717, 1.165) is 19.3 Å². The zero-order chi connectivity index (χ0) is 11.3. The molecule has 0 bridgehead atoms. The van der Waals surface area contributed by atoms with Crippen LogP contribution in [0, 0.1) is 5.82 Å². The SMILES string of the molecule is CCCCC(N)Cc1c(F)cccc1Cl. The number of hydrogen-bond acceptors (Lipinski definition) is 1. The van der Waals surface area contributed by atoms with E-state index in [9.17, 15) is 4.39 Å². The molecule has 1 atom stereocenters. The highest BCUT2D eigenvalue weighted by atomic mass is 35.5. The topological polar surface area (TPSA) is 26.0 Å². The highest BCUT2D eigenvalue weighted by Crippen LogP contribution is 2.21. The maximum Gasteiger partial charge on any atom is 0.127 e. The summed E-state index contributed by atoms with van der Waals surface area (Å²) in [6, 6.07) is 4.73. The Morgan fingerprint density at radius 3 is 2.80 bits per heavy atom. The van der Waals surface area contributed by atoms with Crippen LogP contribution in [0.15, 0.2) is 18.2 Å². The Morgan fingerprint density at radius 1 is 1.47 bits per heavy atom. The van der Waals surface area contributed by atoms with E-state index < -0.39 is 0 Å². The van der Waals surface area contributed by atoms with E-state index in [1.807, 2.05) is 0 Å². The molecule has 0 amide bonds. The zero-order valence-electron chi connectivity index (χ0n) is 8.97. The monoisotopic (exact) mass is 229 g/mol. The van der Waals surface area contributed by atoms with Crippen LogP contribution < -0.4 is 5.73 Å². The van der Waals surface area contributed by atoms with E-state index in [-0.39, 0.29) is 11.9 Å². The van der Waals surface area contributed by atoms with E-state index in [4.69, 9.17) is 17.3 Å². The van der Waals surface area contributed by atoms with Gasteiger partial charge in [0.25, 0.3) is 0 Å². The van der Waals surface area contributed by atoms with Crippen LogP contribution in [0.3, 0.4) is 0 Å². The fraction of sp³-hybridized carbons (Fsp3) is 0.500. The highest BCUT2D eigenvalue weighted by molar-refractivity contribution is 6.31. The van der Waals surface area contributed by atoms with Crippen molar-refractivity contribution in [3.8, 4) is 0 Å². The van der Waals surface area contributed by atoms with Crippen LogP contribution in [0.2, 0.25) is 5.02 Å². The van der Waals surface area contributed by atoms with Gasteiger partial charge in [0.1, 0.15) is 5.82 Å². The molecule has 0 aliphatic heterocycles. The molecule has 15 heavy (non-hydrogen) atoms. The summed E-state index contributed by atoms with van der Waals surface area (Å²) in [7, 11) is 0. The predicted molar refractivity (Wildman–Crippen MR) is 62.6 cm³/mol. The summed E-state index contributed by atoms with van der Waals surface area (Å²) in [5.41, 5.74) is 6.45. The maximum atomic E-state index is 13.4. The first kappa shape index (κ1) is 12.5. The molecule has 1 aromatic carbocycles. The number of halogens is 2. The lowest BCUT2D eigenvalue weighted by molar-refractivity contribution is 0.548. The molecular formula is C12H17ClFN. The van der Waals surface area contributed by atoms with Gasteiger partial charge < -0.3 is 5.73 Å². The number of hydrogen-bond donors (Lipinski definition) is 1. The molecule has 0 spiro atoms. The number of nitrogens with two attached hydrogens (primary N) is 1. The van der Waals surface area contributed by atoms with Crippen molar-refractivity contribution in [2.75, 3.05) is 0 Å². The van der Waals surface area contributed by atoms with Crippen LogP contribution in [0.4, 0.5) is 4.39 Å². The van der Waals surface area contributed by atoms with Gasteiger partial charge in [-0.3, -0.25) is 0 Å². The van der Waals surface area contributed by atoms with Crippen molar-refractivity contribution >= 4 is 11.6 Å². The van der Waals surface area contributed by atoms with Crippen LogP contribution in [0.25, 0.3) is 0 Å². The third kappa shape index (κ3) is 3.80. The summed E-state index contributed by atoms with van der Waals surface area (Å²) in [5, 5.41) is 0.474. The van der Waals surface area contributed by atoms with Crippen molar-refractivity contribution < 1.29 is 4.39 Å². The van der Waals surface area contributed by atoms with Gasteiger partial charge in [-0.05, 0) is 25.0 Å². The first-order chi connectivity index (χ1) is 7.15. The molecule has 0 aromatic heterocycles. The van der Waals surface area contributed by atoms with Gasteiger partial charge in [0.2, 0.25) is 0 Å². The van der Waals surface area contributed by atoms with E-state index in [1.165, 1.54) is 6.07 Å². The molecule has 1 nitrogen and oxygen atoms in total. The van der Waals surface area contributed by atoms with Crippen LogP contribution in [0.1, 0.15) is 31.7 Å². The Kier molecular flexibility index (Phi) is 5.06. The third-order valence-electron chi connectivity index (χ3n) is 2.46. The van der Waals surface area contributed by atoms with Gasteiger partial charge in [-0.25, -0.2) is 4.39 Å². The largest absolute Gasteiger partial charge is 0.327 e. The van der Waals surface area contributed by atoms with Crippen molar-refractivity contribution in [3.05, 3.63) is 34.6 Å². The summed E-state index contributed by atoms with van der Waals surface area (Å²) in [6.45, 7) is 2.11. The van der Waals surface area contributed by atoms with Crippen molar-refractivity contribution in [2.45, 2.75) is 38.6 Å². The van der Waals surface area contributed by atoms with Crippen LogP contribution in [-0.2, 0) is 6.42 Å². The van der Waals surface area contributed by atoms with Crippen LogP contribution in [-0.4, -0.2) is 6.04 Å². The van der Waals surface area contributed by atoms with Crippen molar-refractivity contribution in [1.29, 1.82) is 0 Å². The summed E-state index contributed by atoms with van der Waals surface area (Å²) in [5.74, 6) is -0.255. The van der Waals surface area contributed by atoms with Gasteiger partial charge in [-0.15, -0.1) is 0 Å². The van der Waals surface area contributed by atoms with Crippen molar-refractivity contribution in [3.63, 3.8) is 0 Å². The Hall–Kier alpha value is -0.600. The lowest BCUT2D eigenvalue weighted by Gasteiger charge is -2.12. The standard InChI is InChI=1S/C12H17ClFN/c1-2-3-5-9(15)8-10-11(13)6-4-7-12(10)14/h4,6-7,9H,2-3,5,8,15H2,1H3. The number of rotatable bonds is 5. The molecule has 3 heteroatoms. The molecule has 0 aliphatic carbocycles. The second-order valence-corrected chi connectivity index (χ2v) is 4.21. The number of unbranched alkanes of at least 4 members (excludes halogenated alkanes) is 1. The highest BCUT2D eigenvalue weighted by Gasteiger charge is 2.11. The summed E-state index contributed by atoms with van der Waals surface area (Å²) >= 11 is 5.91. The second kappa shape index (κ2) is 6.09. The average Bonchev–Trinajstić information content (AvgIpc) is 2.21. The fourth-order valence-electron chi connectivity index (χ4n) is 1.56. The molecule has 0 saturated carbocycles. The summed E-state index contributed by atoms with van der Waals surface area (Å²) in [6.07, 6.45) is 3.62. The molecule has 1 rings (SSSR count).